The van der Waals surface area contributed by atoms with Crippen LogP contribution in [0.4, 0.5) is 5.95 Å². The van der Waals surface area contributed by atoms with E-state index in [1.165, 1.54) is 0 Å². The molecule has 6 nitrogen and oxygen atoms in total. The molecule has 0 aliphatic heterocycles. The molecule has 20 heavy (non-hydrogen) atoms. The SMILES string of the molecule is COc1ccc(-c2nc(N)nc(C(C)C)n2)cc1OC. The molecule has 6 heteroatoms. The first kappa shape index (κ1) is 14.0. The van der Waals surface area contributed by atoms with Crippen LogP contribution in [0.5, 0.6) is 11.5 Å². The van der Waals surface area contributed by atoms with Crippen LogP contribution < -0.4 is 15.2 Å². The molecule has 0 saturated heterocycles. The normalized spacial score (nSPS) is 10.7. The number of ether oxygens (including phenoxy) is 2. The maximum absolute atomic E-state index is 5.74. The van der Waals surface area contributed by atoms with E-state index in [2.05, 4.69) is 15.0 Å². The molecular weight excluding hydrogens is 256 g/mol. The Balaban J connectivity index is 2.51. The second-order valence-electron chi connectivity index (χ2n) is 4.60. The first-order valence-electron chi connectivity index (χ1n) is 6.29. The van der Waals surface area contributed by atoms with Gasteiger partial charge in [0.25, 0.3) is 0 Å². The molecule has 0 fully saturated rings. The molecule has 2 aromatic rings. The second-order valence-corrected chi connectivity index (χ2v) is 4.60. The van der Waals surface area contributed by atoms with Crippen LogP contribution in [0.15, 0.2) is 18.2 Å². The van der Waals surface area contributed by atoms with E-state index in [0.29, 0.717) is 23.1 Å². The topological polar surface area (TPSA) is 83.2 Å². The van der Waals surface area contributed by atoms with Crippen molar-refractivity contribution in [1.29, 1.82) is 0 Å². The number of hydrogen-bond acceptors (Lipinski definition) is 6. The monoisotopic (exact) mass is 274 g/mol. The van der Waals surface area contributed by atoms with E-state index in [4.69, 9.17) is 15.2 Å². The van der Waals surface area contributed by atoms with Crippen molar-refractivity contribution in [3.05, 3.63) is 24.0 Å². The second kappa shape index (κ2) is 5.73. The average Bonchev–Trinajstić information content (AvgIpc) is 2.45. The fraction of sp³-hybridized carbons (Fsp3) is 0.357. The number of methoxy groups -OCH3 is 2. The maximum atomic E-state index is 5.74. The first-order chi connectivity index (χ1) is 9.55. The highest BCUT2D eigenvalue weighted by molar-refractivity contribution is 5.61. The standard InChI is InChI=1S/C14H18N4O2/c1-8(2)12-16-13(18-14(15)17-12)9-5-6-10(19-3)11(7-9)20-4/h5-8H,1-4H3,(H2,15,16,17,18). The van der Waals surface area contributed by atoms with E-state index in [1.807, 2.05) is 32.0 Å². The van der Waals surface area contributed by atoms with Gasteiger partial charge in [-0.15, -0.1) is 0 Å². The summed E-state index contributed by atoms with van der Waals surface area (Å²) in [6.45, 7) is 4.01. The molecule has 0 saturated carbocycles. The van der Waals surface area contributed by atoms with E-state index in [1.54, 1.807) is 14.2 Å². The van der Waals surface area contributed by atoms with Gasteiger partial charge in [-0.1, -0.05) is 13.8 Å². The molecule has 2 N–H and O–H groups in total. The summed E-state index contributed by atoms with van der Waals surface area (Å²) in [5, 5.41) is 0. The van der Waals surface area contributed by atoms with Gasteiger partial charge in [0.15, 0.2) is 17.3 Å². The molecule has 1 aromatic heterocycles. The lowest BCUT2D eigenvalue weighted by atomic mass is 10.1. The smallest absolute Gasteiger partial charge is 0.223 e. The molecule has 0 spiro atoms. The number of aromatic nitrogens is 3. The van der Waals surface area contributed by atoms with E-state index in [0.717, 1.165) is 5.56 Å². The molecule has 0 aliphatic carbocycles. The number of anilines is 1. The third-order valence-corrected chi connectivity index (χ3v) is 2.83. The van der Waals surface area contributed by atoms with Crippen molar-refractivity contribution in [2.45, 2.75) is 19.8 Å². The van der Waals surface area contributed by atoms with Gasteiger partial charge in [-0.25, -0.2) is 4.98 Å². The van der Waals surface area contributed by atoms with E-state index < -0.39 is 0 Å². The summed E-state index contributed by atoms with van der Waals surface area (Å²) in [7, 11) is 3.18. The predicted molar refractivity (Wildman–Crippen MR) is 76.9 cm³/mol. The molecule has 1 aromatic carbocycles. The van der Waals surface area contributed by atoms with Gasteiger partial charge in [0.1, 0.15) is 5.82 Å². The Morgan fingerprint density at radius 1 is 1.00 bits per heavy atom. The van der Waals surface area contributed by atoms with E-state index in [9.17, 15) is 0 Å². The Morgan fingerprint density at radius 2 is 1.70 bits per heavy atom. The molecular formula is C14H18N4O2. The van der Waals surface area contributed by atoms with Crippen LogP contribution >= 0.6 is 0 Å². The minimum absolute atomic E-state index is 0.180. The Bertz CT molecular complexity index is 614. The van der Waals surface area contributed by atoms with Crippen molar-refractivity contribution < 1.29 is 9.47 Å². The average molecular weight is 274 g/mol. The third kappa shape index (κ3) is 2.79. The fourth-order valence-electron chi connectivity index (χ4n) is 1.77. The van der Waals surface area contributed by atoms with Gasteiger partial charge >= 0.3 is 0 Å². The summed E-state index contributed by atoms with van der Waals surface area (Å²) in [5.74, 6) is 2.87. The van der Waals surface area contributed by atoms with Crippen LogP contribution in [-0.2, 0) is 0 Å². The highest BCUT2D eigenvalue weighted by Gasteiger charge is 2.12. The highest BCUT2D eigenvalue weighted by Crippen LogP contribution is 2.31. The van der Waals surface area contributed by atoms with Gasteiger partial charge in [-0.05, 0) is 18.2 Å². The van der Waals surface area contributed by atoms with Crippen LogP contribution in [0.2, 0.25) is 0 Å². The summed E-state index contributed by atoms with van der Waals surface area (Å²) in [5.41, 5.74) is 6.55. The fourth-order valence-corrected chi connectivity index (χ4v) is 1.77. The van der Waals surface area contributed by atoms with Crippen LogP contribution in [0.3, 0.4) is 0 Å². The zero-order valence-corrected chi connectivity index (χ0v) is 12.0. The summed E-state index contributed by atoms with van der Waals surface area (Å²) in [6.07, 6.45) is 0. The van der Waals surface area contributed by atoms with Crippen LogP contribution in [0.25, 0.3) is 11.4 Å². The van der Waals surface area contributed by atoms with Gasteiger partial charge in [-0.3, -0.25) is 0 Å². The van der Waals surface area contributed by atoms with E-state index in [-0.39, 0.29) is 11.9 Å². The Morgan fingerprint density at radius 3 is 2.30 bits per heavy atom. The minimum Gasteiger partial charge on any atom is -0.493 e. The van der Waals surface area contributed by atoms with Gasteiger partial charge in [-0.2, -0.15) is 9.97 Å². The summed E-state index contributed by atoms with van der Waals surface area (Å²) in [4.78, 5) is 12.7. The number of nitrogens with zero attached hydrogens (tertiary/aromatic N) is 3. The van der Waals surface area contributed by atoms with Crippen LogP contribution in [-0.4, -0.2) is 29.2 Å². The predicted octanol–water partition coefficient (Wildman–Crippen LogP) is 2.26. The number of rotatable bonds is 4. The van der Waals surface area contributed by atoms with Crippen molar-refractivity contribution in [2.75, 3.05) is 20.0 Å². The zero-order valence-electron chi connectivity index (χ0n) is 12.0. The molecule has 0 unspecified atom stereocenters. The zero-order chi connectivity index (χ0) is 14.7. The van der Waals surface area contributed by atoms with Crippen molar-refractivity contribution in [2.24, 2.45) is 0 Å². The molecule has 0 amide bonds. The quantitative estimate of drug-likeness (QED) is 0.920. The van der Waals surface area contributed by atoms with Crippen molar-refractivity contribution in [3.8, 4) is 22.9 Å². The van der Waals surface area contributed by atoms with Gasteiger partial charge in [0.2, 0.25) is 5.95 Å². The summed E-state index contributed by atoms with van der Waals surface area (Å²) in [6, 6.07) is 5.49. The molecule has 0 atom stereocenters. The Hall–Kier alpha value is -2.37. The van der Waals surface area contributed by atoms with Gasteiger partial charge in [0.05, 0.1) is 14.2 Å². The number of benzene rings is 1. The number of hydrogen-bond donors (Lipinski definition) is 1. The molecule has 2 rings (SSSR count). The Labute approximate surface area is 118 Å². The number of nitrogen functional groups attached to an aromatic ring is 1. The van der Waals surface area contributed by atoms with Gasteiger partial charge in [0, 0.05) is 11.5 Å². The van der Waals surface area contributed by atoms with Crippen molar-refractivity contribution >= 4 is 5.95 Å². The minimum atomic E-state index is 0.180. The summed E-state index contributed by atoms with van der Waals surface area (Å²) >= 11 is 0. The molecule has 0 radical (unpaired) electrons. The lowest BCUT2D eigenvalue weighted by molar-refractivity contribution is 0.355. The Kier molecular flexibility index (Phi) is 4.02. The number of nitrogens with two attached hydrogens (primary N) is 1. The van der Waals surface area contributed by atoms with Crippen molar-refractivity contribution in [1.82, 2.24) is 15.0 Å². The van der Waals surface area contributed by atoms with Crippen LogP contribution in [0.1, 0.15) is 25.6 Å². The highest BCUT2D eigenvalue weighted by atomic mass is 16.5. The first-order valence-corrected chi connectivity index (χ1v) is 6.29. The van der Waals surface area contributed by atoms with E-state index >= 15 is 0 Å². The lowest BCUT2D eigenvalue weighted by Gasteiger charge is -2.10. The third-order valence-electron chi connectivity index (χ3n) is 2.83. The largest absolute Gasteiger partial charge is 0.493 e. The lowest BCUT2D eigenvalue weighted by Crippen LogP contribution is -2.06. The summed E-state index contributed by atoms with van der Waals surface area (Å²) < 4.78 is 10.5. The molecule has 1 heterocycles. The maximum Gasteiger partial charge on any atom is 0.223 e. The molecule has 106 valence electrons. The van der Waals surface area contributed by atoms with Gasteiger partial charge < -0.3 is 15.2 Å². The van der Waals surface area contributed by atoms with Crippen LogP contribution in [0, 0.1) is 0 Å². The molecule has 0 bridgehead atoms. The van der Waals surface area contributed by atoms with Crippen molar-refractivity contribution in [3.63, 3.8) is 0 Å². The molecule has 0 aliphatic rings.